The number of nitriles is 1. The van der Waals surface area contributed by atoms with Gasteiger partial charge in [0, 0.05) is 0 Å². The van der Waals surface area contributed by atoms with Crippen molar-refractivity contribution < 1.29 is 9.21 Å². The SMILES string of the molecule is Cc1oc(-c2cccs2)nc1CC(=O)C(C#N)c1nc2ccccc2[nH]1. The van der Waals surface area contributed by atoms with Gasteiger partial charge in [0.05, 0.1) is 34.1 Å². The number of Topliss-reactive ketones (excluding diaryl/α,β-unsaturated/α-hetero) is 1. The molecule has 0 amide bonds. The Labute approximate surface area is 153 Å². The first-order valence-corrected chi connectivity index (χ1v) is 8.91. The zero-order chi connectivity index (χ0) is 18.1. The number of H-pyrrole nitrogens is 1. The van der Waals surface area contributed by atoms with Crippen LogP contribution in [0.2, 0.25) is 0 Å². The summed E-state index contributed by atoms with van der Waals surface area (Å²) in [4.78, 5) is 25.5. The molecule has 3 heterocycles. The Morgan fingerprint density at radius 3 is 2.88 bits per heavy atom. The molecule has 1 unspecified atom stereocenters. The van der Waals surface area contributed by atoms with Crippen LogP contribution in [0.25, 0.3) is 21.8 Å². The van der Waals surface area contributed by atoms with Crippen LogP contribution in [-0.2, 0) is 11.2 Å². The van der Waals surface area contributed by atoms with Crippen molar-refractivity contribution in [2.45, 2.75) is 19.3 Å². The number of nitrogens with one attached hydrogen (secondary N) is 1. The third-order valence-corrected chi connectivity index (χ3v) is 4.96. The van der Waals surface area contributed by atoms with Gasteiger partial charge in [0.1, 0.15) is 11.6 Å². The van der Waals surface area contributed by atoms with Crippen LogP contribution in [0.5, 0.6) is 0 Å². The smallest absolute Gasteiger partial charge is 0.236 e. The van der Waals surface area contributed by atoms with Gasteiger partial charge in [-0.05, 0) is 30.5 Å². The lowest BCUT2D eigenvalue weighted by molar-refractivity contribution is -0.118. The number of hydrogen-bond donors (Lipinski definition) is 1. The van der Waals surface area contributed by atoms with Crippen molar-refractivity contribution in [2.24, 2.45) is 0 Å². The fourth-order valence-corrected chi connectivity index (χ4v) is 3.41. The number of aromatic amines is 1. The van der Waals surface area contributed by atoms with E-state index < -0.39 is 5.92 Å². The summed E-state index contributed by atoms with van der Waals surface area (Å²) in [7, 11) is 0. The van der Waals surface area contributed by atoms with E-state index in [2.05, 4.69) is 21.0 Å². The molecule has 0 saturated heterocycles. The summed E-state index contributed by atoms with van der Waals surface area (Å²) >= 11 is 1.52. The van der Waals surface area contributed by atoms with E-state index in [1.54, 1.807) is 6.92 Å². The Kier molecular flexibility index (Phi) is 4.11. The predicted molar refractivity (Wildman–Crippen MR) is 97.7 cm³/mol. The van der Waals surface area contributed by atoms with Crippen molar-refractivity contribution in [3.05, 3.63) is 59.1 Å². The summed E-state index contributed by atoms with van der Waals surface area (Å²) in [5.41, 5.74) is 2.08. The molecule has 0 aliphatic heterocycles. The Bertz CT molecular complexity index is 1090. The normalized spacial score (nSPS) is 12.2. The third kappa shape index (κ3) is 2.91. The highest BCUT2D eigenvalue weighted by Gasteiger charge is 2.26. The zero-order valence-corrected chi connectivity index (χ0v) is 14.7. The second kappa shape index (κ2) is 6.58. The van der Waals surface area contributed by atoms with Crippen LogP contribution >= 0.6 is 11.3 Å². The topological polar surface area (TPSA) is 95.6 Å². The number of carbonyl (C=O) groups excluding carboxylic acids is 1. The van der Waals surface area contributed by atoms with E-state index in [1.807, 2.05) is 41.8 Å². The largest absolute Gasteiger partial charge is 0.440 e. The van der Waals surface area contributed by atoms with E-state index in [1.165, 1.54) is 11.3 Å². The Hall–Kier alpha value is -3.24. The van der Waals surface area contributed by atoms with Crippen molar-refractivity contribution in [1.29, 1.82) is 5.26 Å². The van der Waals surface area contributed by atoms with Gasteiger partial charge in [-0.15, -0.1) is 11.3 Å². The van der Waals surface area contributed by atoms with Gasteiger partial charge in [-0.25, -0.2) is 9.97 Å². The first-order chi connectivity index (χ1) is 12.7. The number of oxazole rings is 1. The average molecular weight is 362 g/mol. The maximum atomic E-state index is 12.7. The van der Waals surface area contributed by atoms with E-state index in [0.29, 0.717) is 23.2 Å². The molecule has 128 valence electrons. The number of fused-ring (bicyclic) bond motifs is 1. The molecule has 0 aliphatic carbocycles. The van der Waals surface area contributed by atoms with Crippen molar-refractivity contribution >= 4 is 28.2 Å². The van der Waals surface area contributed by atoms with Gasteiger partial charge in [-0.2, -0.15) is 5.26 Å². The Morgan fingerprint density at radius 1 is 1.31 bits per heavy atom. The summed E-state index contributed by atoms with van der Waals surface area (Å²) in [5.74, 6) is 0.211. The van der Waals surface area contributed by atoms with E-state index in [4.69, 9.17) is 4.42 Å². The van der Waals surface area contributed by atoms with Gasteiger partial charge >= 0.3 is 0 Å². The number of ketones is 1. The lowest BCUT2D eigenvalue weighted by atomic mass is 10.0. The summed E-state index contributed by atoms with van der Waals surface area (Å²) < 4.78 is 5.67. The van der Waals surface area contributed by atoms with Crippen molar-refractivity contribution in [1.82, 2.24) is 15.0 Å². The average Bonchev–Trinajstić information content (AvgIpc) is 3.35. The van der Waals surface area contributed by atoms with Gasteiger partial charge < -0.3 is 9.40 Å². The van der Waals surface area contributed by atoms with E-state index in [-0.39, 0.29) is 12.2 Å². The number of aromatic nitrogens is 3. The van der Waals surface area contributed by atoms with E-state index >= 15 is 0 Å². The monoisotopic (exact) mass is 362 g/mol. The number of benzene rings is 1. The summed E-state index contributed by atoms with van der Waals surface area (Å²) in [6.07, 6.45) is 0.0238. The van der Waals surface area contributed by atoms with Crippen LogP contribution in [0, 0.1) is 18.3 Å². The molecule has 1 N–H and O–H groups in total. The highest BCUT2D eigenvalue weighted by molar-refractivity contribution is 7.13. The number of aryl methyl sites for hydroxylation is 1. The number of imidazole rings is 1. The first-order valence-electron chi connectivity index (χ1n) is 8.03. The van der Waals surface area contributed by atoms with Gasteiger partial charge in [0.25, 0.3) is 0 Å². The molecule has 4 aromatic rings. The molecule has 0 fully saturated rings. The summed E-state index contributed by atoms with van der Waals surface area (Å²) in [6, 6.07) is 13.3. The predicted octanol–water partition coefficient (Wildman–Crippen LogP) is 4.01. The lowest BCUT2D eigenvalue weighted by Gasteiger charge is -2.03. The number of nitrogens with zero attached hydrogens (tertiary/aromatic N) is 3. The Balaban J connectivity index is 1.59. The fraction of sp³-hybridized carbons (Fsp3) is 0.158. The molecule has 0 aliphatic rings. The number of thiophene rings is 1. The maximum Gasteiger partial charge on any atom is 0.236 e. The minimum atomic E-state index is -0.969. The van der Waals surface area contributed by atoms with Crippen LogP contribution in [0.15, 0.2) is 46.2 Å². The van der Waals surface area contributed by atoms with Crippen molar-refractivity contribution in [3.8, 4) is 16.8 Å². The second-order valence-corrected chi connectivity index (χ2v) is 6.79. The van der Waals surface area contributed by atoms with Crippen LogP contribution < -0.4 is 0 Å². The molecule has 26 heavy (non-hydrogen) atoms. The van der Waals surface area contributed by atoms with Gasteiger partial charge in [-0.3, -0.25) is 4.79 Å². The zero-order valence-electron chi connectivity index (χ0n) is 13.9. The molecule has 0 saturated carbocycles. The quantitative estimate of drug-likeness (QED) is 0.579. The van der Waals surface area contributed by atoms with Gasteiger partial charge in [-0.1, -0.05) is 18.2 Å². The van der Waals surface area contributed by atoms with Crippen LogP contribution in [-0.4, -0.2) is 20.7 Å². The molecule has 4 rings (SSSR count). The number of hydrogen-bond acceptors (Lipinski definition) is 6. The molecular formula is C19H14N4O2S. The molecule has 0 bridgehead atoms. The molecule has 1 atom stereocenters. The number of para-hydroxylation sites is 2. The highest BCUT2D eigenvalue weighted by Crippen LogP contribution is 2.27. The lowest BCUT2D eigenvalue weighted by Crippen LogP contribution is -2.15. The Morgan fingerprint density at radius 2 is 2.15 bits per heavy atom. The van der Waals surface area contributed by atoms with Crippen LogP contribution in [0.3, 0.4) is 0 Å². The molecular weight excluding hydrogens is 348 g/mol. The second-order valence-electron chi connectivity index (χ2n) is 5.84. The first kappa shape index (κ1) is 16.2. The summed E-state index contributed by atoms with van der Waals surface area (Å²) in [5, 5.41) is 11.4. The fourth-order valence-electron chi connectivity index (χ4n) is 2.76. The molecule has 0 radical (unpaired) electrons. The highest BCUT2D eigenvalue weighted by atomic mass is 32.1. The van der Waals surface area contributed by atoms with E-state index in [9.17, 15) is 10.1 Å². The standard InChI is InChI=1S/C19H14N4O2S/c1-11-15(23-19(25-11)17-7-4-8-26-17)9-16(24)12(10-20)18-21-13-5-2-3-6-14(13)22-18/h2-8,12H,9H2,1H3,(H,21,22). The van der Waals surface area contributed by atoms with Crippen molar-refractivity contribution in [3.63, 3.8) is 0 Å². The minimum Gasteiger partial charge on any atom is -0.440 e. The van der Waals surface area contributed by atoms with E-state index in [0.717, 1.165) is 15.9 Å². The third-order valence-electron chi connectivity index (χ3n) is 4.10. The minimum absolute atomic E-state index is 0.0238. The molecule has 3 aromatic heterocycles. The number of carbonyl (C=O) groups is 1. The molecule has 1 aromatic carbocycles. The summed E-state index contributed by atoms with van der Waals surface area (Å²) in [6.45, 7) is 1.77. The molecule has 6 nitrogen and oxygen atoms in total. The van der Waals surface area contributed by atoms with Gasteiger partial charge in [0.15, 0.2) is 11.7 Å². The van der Waals surface area contributed by atoms with Crippen molar-refractivity contribution in [2.75, 3.05) is 0 Å². The van der Waals surface area contributed by atoms with Crippen LogP contribution in [0.4, 0.5) is 0 Å². The molecule has 7 heteroatoms. The molecule has 0 spiro atoms. The van der Waals surface area contributed by atoms with Crippen LogP contribution in [0.1, 0.15) is 23.2 Å². The van der Waals surface area contributed by atoms with Gasteiger partial charge in [0.2, 0.25) is 5.89 Å². The maximum absolute atomic E-state index is 12.7. The number of rotatable bonds is 5.